The van der Waals surface area contributed by atoms with Gasteiger partial charge in [-0.1, -0.05) is 5.22 Å². The fraction of sp³-hybridized carbons (Fsp3) is 0.211. The molecular weight excluding hydrogens is 400 g/mol. The topological polar surface area (TPSA) is 104 Å². The number of fused-ring (bicyclic) bond motifs is 1. The number of benzene rings is 2. The molecule has 3 amide bonds. The van der Waals surface area contributed by atoms with Crippen molar-refractivity contribution in [1.82, 2.24) is 5.01 Å². The average molecular weight is 415 g/mol. The highest BCUT2D eigenvalue weighted by Crippen LogP contribution is 2.32. The minimum absolute atomic E-state index is 0.115. The van der Waals surface area contributed by atoms with E-state index in [0.717, 1.165) is 28.1 Å². The van der Waals surface area contributed by atoms with Gasteiger partial charge in [-0.05, 0) is 36.4 Å². The van der Waals surface area contributed by atoms with E-state index < -0.39 is 41.4 Å². The Kier molecular flexibility index (Phi) is 4.86. The zero-order valence-electron chi connectivity index (χ0n) is 15.6. The molecule has 0 aromatic heterocycles. The van der Waals surface area contributed by atoms with Crippen molar-refractivity contribution >= 4 is 29.1 Å². The van der Waals surface area contributed by atoms with Crippen LogP contribution in [0.5, 0.6) is 5.75 Å². The number of anilines is 2. The largest absolute Gasteiger partial charge is 0.497 e. The number of hydrogen-bond acceptors (Lipinski definition) is 7. The molecule has 11 heteroatoms. The number of ether oxygens (including phenoxy) is 1. The summed E-state index contributed by atoms with van der Waals surface area (Å²) in [6.45, 7) is -0.332. The van der Waals surface area contributed by atoms with E-state index in [1.807, 2.05) is 0 Å². The minimum atomic E-state index is -1.19. The summed E-state index contributed by atoms with van der Waals surface area (Å²) in [6.07, 6.45) is 0. The molecule has 0 saturated carbocycles. The van der Waals surface area contributed by atoms with Gasteiger partial charge in [0.1, 0.15) is 12.3 Å². The molecule has 0 bridgehead atoms. The predicted octanol–water partition coefficient (Wildman–Crippen LogP) is 1.91. The quantitative estimate of drug-likeness (QED) is 0.752. The zero-order chi connectivity index (χ0) is 21.4. The van der Waals surface area contributed by atoms with E-state index in [1.165, 1.54) is 7.11 Å². The molecule has 1 N–H and O–H groups in total. The lowest BCUT2D eigenvalue weighted by Crippen LogP contribution is -2.43. The number of hydrogen-bond donors (Lipinski definition) is 1. The van der Waals surface area contributed by atoms with Gasteiger partial charge in [-0.15, -0.1) is 0 Å². The average Bonchev–Trinajstić information content (AvgIpc) is 3.24. The maximum Gasteiger partial charge on any atom is 0.263 e. The predicted molar refractivity (Wildman–Crippen MR) is 99.6 cm³/mol. The van der Waals surface area contributed by atoms with E-state index in [0.29, 0.717) is 11.4 Å². The number of rotatable bonds is 5. The van der Waals surface area contributed by atoms with Crippen LogP contribution in [0.15, 0.2) is 52.8 Å². The van der Waals surface area contributed by atoms with Crippen molar-refractivity contribution in [2.45, 2.75) is 12.1 Å². The molecule has 0 radical (unpaired) electrons. The first-order valence-electron chi connectivity index (χ1n) is 8.83. The van der Waals surface area contributed by atoms with Gasteiger partial charge < -0.3 is 10.1 Å². The third-order valence-electron chi connectivity index (χ3n) is 4.70. The number of halogens is 2. The van der Waals surface area contributed by atoms with E-state index >= 15 is 0 Å². The Morgan fingerprint density at radius 3 is 2.50 bits per heavy atom. The molecule has 9 nitrogen and oxygen atoms in total. The van der Waals surface area contributed by atoms with E-state index in [4.69, 9.17) is 4.74 Å². The summed E-state index contributed by atoms with van der Waals surface area (Å²) in [6, 6.07) is 7.02. The zero-order valence-corrected chi connectivity index (χ0v) is 15.6. The summed E-state index contributed by atoms with van der Waals surface area (Å²) in [5.74, 6) is -3.60. The second-order valence-corrected chi connectivity index (χ2v) is 6.58. The van der Waals surface area contributed by atoms with Gasteiger partial charge in [-0.25, -0.2) is 13.7 Å². The van der Waals surface area contributed by atoms with Crippen molar-refractivity contribution in [3.8, 4) is 5.75 Å². The van der Waals surface area contributed by atoms with Crippen LogP contribution in [-0.2, 0) is 14.4 Å². The molecule has 2 aromatic rings. The summed E-state index contributed by atoms with van der Waals surface area (Å²) in [5.41, 5.74) is 0.391. The normalized spacial score (nSPS) is 20.0. The van der Waals surface area contributed by atoms with Crippen molar-refractivity contribution in [2.75, 3.05) is 23.9 Å². The molecule has 2 aliphatic rings. The molecule has 2 heterocycles. The van der Waals surface area contributed by atoms with Crippen LogP contribution in [0, 0.1) is 11.6 Å². The van der Waals surface area contributed by atoms with Crippen LogP contribution >= 0.6 is 0 Å². The first kappa shape index (κ1) is 19.4. The van der Waals surface area contributed by atoms with Crippen LogP contribution in [0.2, 0.25) is 0 Å². The number of amides is 3. The molecule has 1 saturated heterocycles. The van der Waals surface area contributed by atoms with Crippen LogP contribution in [0.1, 0.15) is 0 Å². The highest BCUT2D eigenvalue weighted by Gasteiger charge is 2.55. The number of methoxy groups -OCH3 is 1. The van der Waals surface area contributed by atoms with Crippen LogP contribution in [0.25, 0.3) is 0 Å². The summed E-state index contributed by atoms with van der Waals surface area (Å²) in [7, 11) is 1.52. The summed E-state index contributed by atoms with van der Waals surface area (Å²) in [5, 5.41) is 11.3. The number of carbonyl (C=O) groups excluding carboxylic acids is 3. The molecule has 0 spiro atoms. The number of nitrogens with one attached hydrogen (secondary N) is 1. The SMILES string of the molecule is COc1ccc(NC(=O)CN2N=N[C@@H]3C(=O)N(c4ccc(F)c(F)c4)C(=O)[C@@H]32)cc1. The molecule has 0 unspecified atom stereocenters. The standard InChI is InChI=1S/C19H15F2N5O4/c1-30-12-5-2-10(3-6-12)22-15(27)9-25-17-16(23-24-25)18(28)26(19(17)29)11-4-7-13(20)14(21)8-11/h2-8,16-17H,9H2,1H3,(H,22,27)/t16-,17+/m0/s1. The maximum absolute atomic E-state index is 13.5. The van der Waals surface area contributed by atoms with E-state index in [-0.39, 0.29) is 12.2 Å². The van der Waals surface area contributed by atoms with E-state index in [2.05, 4.69) is 15.7 Å². The van der Waals surface area contributed by atoms with E-state index in [1.54, 1.807) is 24.3 Å². The third kappa shape index (κ3) is 3.34. The molecule has 0 aliphatic carbocycles. The number of imide groups is 1. The van der Waals surface area contributed by atoms with Crippen molar-refractivity contribution in [3.63, 3.8) is 0 Å². The van der Waals surface area contributed by atoms with Gasteiger partial charge >= 0.3 is 0 Å². The van der Waals surface area contributed by atoms with Crippen molar-refractivity contribution in [1.29, 1.82) is 0 Å². The maximum atomic E-state index is 13.5. The monoisotopic (exact) mass is 415 g/mol. The molecule has 154 valence electrons. The minimum Gasteiger partial charge on any atom is -0.497 e. The summed E-state index contributed by atoms with van der Waals surface area (Å²) in [4.78, 5) is 38.4. The molecule has 2 aromatic carbocycles. The van der Waals surface area contributed by atoms with Gasteiger partial charge in [0, 0.05) is 11.8 Å². The van der Waals surface area contributed by atoms with Gasteiger partial charge in [-0.2, -0.15) is 5.11 Å². The molecule has 1 fully saturated rings. The van der Waals surface area contributed by atoms with Crippen molar-refractivity contribution < 1.29 is 27.9 Å². The lowest BCUT2D eigenvalue weighted by Gasteiger charge is -2.20. The van der Waals surface area contributed by atoms with Gasteiger partial charge in [0.15, 0.2) is 23.7 Å². The first-order valence-corrected chi connectivity index (χ1v) is 8.83. The highest BCUT2D eigenvalue weighted by atomic mass is 19.2. The lowest BCUT2D eigenvalue weighted by atomic mass is 10.1. The number of nitrogens with zero attached hydrogens (tertiary/aromatic N) is 4. The molecular formula is C19H15F2N5O4. The molecule has 2 atom stereocenters. The molecule has 4 rings (SSSR count). The van der Waals surface area contributed by atoms with Gasteiger partial charge in [0.25, 0.3) is 11.8 Å². The highest BCUT2D eigenvalue weighted by molar-refractivity contribution is 6.25. The summed E-state index contributed by atoms with van der Waals surface area (Å²) < 4.78 is 31.8. The second kappa shape index (κ2) is 7.50. The Balaban J connectivity index is 1.47. The fourth-order valence-corrected chi connectivity index (χ4v) is 3.25. The third-order valence-corrected chi connectivity index (χ3v) is 4.70. The van der Waals surface area contributed by atoms with Gasteiger partial charge in [0.2, 0.25) is 5.91 Å². The second-order valence-electron chi connectivity index (χ2n) is 6.58. The van der Waals surface area contributed by atoms with Crippen LogP contribution < -0.4 is 15.0 Å². The molecule has 2 aliphatic heterocycles. The Hall–Kier alpha value is -3.89. The van der Waals surface area contributed by atoms with Crippen LogP contribution in [-0.4, -0.2) is 48.5 Å². The van der Waals surface area contributed by atoms with Gasteiger partial charge in [0.05, 0.1) is 12.8 Å². The van der Waals surface area contributed by atoms with Gasteiger partial charge in [-0.3, -0.25) is 19.4 Å². The van der Waals surface area contributed by atoms with Crippen molar-refractivity contribution in [2.24, 2.45) is 10.3 Å². The van der Waals surface area contributed by atoms with Crippen LogP contribution in [0.4, 0.5) is 20.2 Å². The molecule has 30 heavy (non-hydrogen) atoms. The van der Waals surface area contributed by atoms with Crippen molar-refractivity contribution in [3.05, 3.63) is 54.1 Å². The van der Waals surface area contributed by atoms with Crippen LogP contribution in [0.3, 0.4) is 0 Å². The lowest BCUT2D eigenvalue weighted by molar-refractivity contribution is -0.123. The first-order chi connectivity index (χ1) is 14.4. The Morgan fingerprint density at radius 2 is 1.83 bits per heavy atom. The Morgan fingerprint density at radius 1 is 1.10 bits per heavy atom. The Bertz CT molecular complexity index is 1060. The fourth-order valence-electron chi connectivity index (χ4n) is 3.25. The Labute approximate surface area is 168 Å². The smallest absolute Gasteiger partial charge is 0.263 e. The van der Waals surface area contributed by atoms with E-state index in [9.17, 15) is 23.2 Å². The number of carbonyl (C=O) groups is 3. The summed E-state index contributed by atoms with van der Waals surface area (Å²) >= 11 is 0.